The topological polar surface area (TPSA) is 36.4 Å². The molecule has 0 radical (unpaired) electrons. The number of aromatic nitrogens is 1. The molecule has 1 aromatic heterocycles. The van der Waals surface area contributed by atoms with Gasteiger partial charge in [0, 0.05) is 24.9 Å². The first kappa shape index (κ1) is 14.4. The van der Waals surface area contributed by atoms with Crippen molar-refractivity contribution >= 4 is 11.3 Å². The molecular formula is C10H15F3N2OS. The Balaban J connectivity index is 2.33. The van der Waals surface area contributed by atoms with Crippen LogP contribution >= 0.6 is 11.3 Å². The van der Waals surface area contributed by atoms with E-state index in [1.165, 1.54) is 16.2 Å². The maximum Gasteiger partial charge on any atom is 0.415 e. The fourth-order valence-electron chi connectivity index (χ4n) is 1.32. The molecule has 1 atom stereocenters. The number of alkyl halides is 3. The monoisotopic (exact) mass is 268 g/mol. The zero-order valence-corrected chi connectivity index (χ0v) is 10.5. The van der Waals surface area contributed by atoms with Crippen molar-refractivity contribution in [2.24, 2.45) is 0 Å². The van der Waals surface area contributed by atoms with Crippen LogP contribution in [-0.4, -0.2) is 47.4 Å². The van der Waals surface area contributed by atoms with Crippen molar-refractivity contribution in [3.05, 3.63) is 16.1 Å². The van der Waals surface area contributed by atoms with Crippen molar-refractivity contribution in [1.82, 2.24) is 9.88 Å². The molecule has 0 saturated heterocycles. The number of thiazole rings is 1. The summed E-state index contributed by atoms with van der Waals surface area (Å²) in [5.74, 6) is 0. The molecule has 0 bridgehead atoms. The van der Waals surface area contributed by atoms with Gasteiger partial charge in [0.2, 0.25) is 0 Å². The number of nitrogens with zero attached hydrogens (tertiary/aromatic N) is 2. The summed E-state index contributed by atoms with van der Waals surface area (Å²) in [7, 11) is 1.55. The minimum atomic E-state index is -4.55. The smallest absolute Gasteiger partial charge is 0.382 e. The van der Waals surface area contributed by atoms with Gasteiger partial charge in [-0.3, -0.25) is 0 Å². The Bertz CT molecular complexity index is 354. The third-order valence-electron chi connectivity index (χ3n) is 2.28. The summed E-state index contributed by atoms with van der Waals surface area (Å²) in [6.07, 6.45) is -6.25. The van der Waals surface area contributed by atoms with Crippen molar-refractivity contribution in [3.63, 3.8) is 0 Å². The van der Waals surface area contributed by atoms with Crippen LogP contribution in [0.1, 0.15) is 10.7 Å². The zero-order chi connectivity index (χ0) is 13.1. The van der Waals surface area contributed by atoms with Gasteiger partial charge in [-0.05, 0) is 14.0 Å². The Hall–Kier alpha value is -0.660. The number of hydrogen-bond donors (Lipinski definition) is 1. The molecular weight excluding hydrogens is 253 g/mol. The number of aliphatic hydroxyl groups is 1. The molecule has 7 heteroatoms. The van der Waals surface area contributed by atoms with E-state index in [1.807, 2.05) is 12.3 Å². The molecule has 17 heavy (non-hydrogen) atoms. The van der Waals surface area contributed by atoms with E-state index in [-0.39, 0.29) is 0 Å². The Morgan fingerprint density at radius 3 is 2.65 bits per heavy atom. The van der Waals surface area contributed by atoms with Crippen molar-refractivity contribution < 1.29 is 18.3 Å². The molecule has 0 aliphatic rings. The minimum Gasteiger partial charge on any atom is -0.382 e. The van der Waals surface area contributed by atoms with Crippen LogP contribution in [0, 0.1) is 6.92 Å². The maximum absolute atomic E-state index is 12.1. The van der Waals surface area contributed by atoms with E-state index >= 15 is 0 Å². The van der Waals surface area contributed by atoms with Crippen LogP contribution in [0.5, 0.6) is 0 Å². The van der Waals surface area contributed by atoms with Gasteiger partial charge in [0.15, 0.2) is 6.10 Å². The van der Waals surface area contributed by atoms with Gasteiger partial charge in [-0.25, -0.2) is 4.98 Å². The lowest BCUT2D eigenvalue weighted by Crippen LogP contribution is -2.40. The molecule has 0 saturated carbocycles. The number of likely N-dealkylation sites (N-methyl/N-ethyl adjacent to an activating group) is 1. The lowest BCUT2D eigenvalue weighted by atomic mass is 10.3. The normalized spacial score (nSPS) is 14.3. The van der Waals surface area contributed by atoms with E-state index in [2.05, 4.69) is 4.98 Å². The second-order valence-electron chi connectivity index (χ2n) is 3.93. The fraction of sp³-hybridized carbons (Fsp3) is 0.700. The first-order chi connectivity index (χ1) is 7.79. The molecule has 0 fully saturated rings. The molecule has 1 rings (SSSR count). The third-order valence-corrected chi connectivity index (χ3v) is 3.10. The second-order valence-corrected chi connectivity index (χ2v) is 4.99. The second kappa shape index (κ2) is 5.79. The summed E-state index contributed by atoms with van der Waals surface area (Å²) in [5, 5.41) is 11.7. The first-order valence-corrected chi connectivity index (χ1v) is 6.01. The third kappa shape index (κ3) is 5.01. The Morgan fingerprint density at radius 1 is 1.53 bits per heavy atom. The lowest BCUT2D eigenvalue weighted by Gasteiger charge is -2.21. The van der Waals surface area contributed by atoms with Gasteiger partial charge < -0.3 is 10.0 Å². The molecule has 0 spiro atoms. The van der Waals surface area contributed by atoms with Gasteiger partial charge >= 0.3 is 6.18 Å². The van der Waals surface area contributed by atoms with E-state index in [1.54, 1.807) is 7.05 Å². The highest BCUT2D eigenvalue weighted by molar-refractivity contribution is 7.09. The quantitative estimate of drug-likeness (QED) is 0.885. The largest absolute Gasteiger partial charge is 0.415 e. The van der Waals surface area contributed by atoms with Crippen LogP contribution in [0.3, 0.4) is 0 Å². The molecule has 0 aliphatic heterocycles. The Kier molecular flexibility index (Phi) is 4.91. The number of halogens is 3. The molecule has 0 aromatic carbocycles. The minimum absolute atomic E-state index is 0.410. The predicted octanol–water partition coefficient (Wildman–Crippen LogP) is 1.85. The van der Waals surface area contributed by atoms with E-state index in [4.69, 9.17) is 5.11 Å². The molecule has 98 valence electrons. The lowest BCUT2D eigenvalue weighted by molar-refractivity contribution is -0.207. The fourth-order valence-corrected chi connectivity index (χ4v) is 1.97. The molecule has 0 aliphatic carbocycles. The van der Waals surface area contributed by atoms with Crippen molar-refractivity contribution in [2.45, 2.75) is 25.6 Å². The van der Waals surface area contributed by atoms with Gasteiger partial charge in [0.1, 0.15) is 0 Å². The molecule has 1 heterocycles. The summed E-state index contributed by atoms with van der Waals surface area (Å²) in [6, 6.07) is 0. The Labute approximate surface area is 102 Å². The van der Waals surface area contributed by atoms with Crippen molar-refractivity contribution in [3.8, 4) is 0 Å². The molecule has 0 amide bonds. The van der Waals surface area contributed by atoms with Gasteiger partial charge in [0.25, 0.3) is 0 Å². The number of aryl methyl sites for hydroxylation is 1. The van der Waals surface area contributed by atoms with Crippen LogP contribution in [0.2, 0.25) is 0 Å². The van der Waals surface area contributed by atoms with Crippen LogP contribution in [0.4, 0.5) is 13.2 Å². The van der Waals surface area contributed by atoms with E-state index in [0.717, 1.165) is 10.7 Å². The molecule has 1 unspecified atom stereocenters. The van der Waals surface area contributed by atoms with Crippen LogP contribution < -0.4 is 0 Å². The van der Waals surface area contributed by atoms with Crippen LogP contribution in [0.15, 0.2) is 5.38 Å². The predicted molar refractivity (Wildman–Crippen MR) is 60.1 cm³/mol. The van der Waals surface area contributed by atoms with Gasteiger partial charge in [-0.1, -0.05) is 0 Å². The summed E-state index contributed by atoms with van der Waals surface area (Å²) in [5.41, 5.74) is 0.876. The highest BCUT2D eigenvalue weighted by atomic mass is 32.1. The van der Waals surface area contributed by atoms with E-state index in [0.29, 0.717) is 13.0 Å². The summed E-state index contributed by atoms with van der Waals surface area (Å²) in [6.45, 7) is 1.91. The van der Waals surface area contributed by atoms with Gasteiger partial charge in [0.05, 0.1) is 10.7 Å². The van der Waals surface area contributed by atoms with E-state index in [9.17, 15) is 13.2 Å². The first-order valence-electron chi connectivity index (χ1n) is 5.13. The number of hydrogen-bond acceptors (Lipinski definition) is 4. The van der Waals surface area contributed by atoms with Gasteiger partial charge in [-0.15, -0.1) is 11.3 Å². The highest BCUT2D eigenvalue weighted by Gasteiger charge is 2.38. The average Bonchev–Trinajstić information content (AvgIpc) is 2.60. The van der Waals surface area contributed by atoms with E-state index < -0.39 is 18.8 Å². The maximum atomic E-state index is 12.1. The average molecular weight is 268 g/mol. The number of aliphatic hydroxyl groups excluding tert-OH is 1. The van der Waals surface area contributed by atoms with Crippen LogP contribution in [-0.2, 0) is 6.42 Å². The summed E-state index contributed by atoms with van der Waals surface area (Å²) < 4.78 is 36.3. The highest BCUT2D eigenvalue weighted by Crippen LogP contribution is 2.20. The number of rotatable bonds is 5. The summed E-state index contributed by atoms with van der Waals surface area (Å²) in [4.78, 5) is 5.67. The van der Waals surface area contributed by atoms with Crippen LogP contribution in [0.25, 0.3) is 0 Å². The molecule has 1 N–H and O–H groups in total. The Morgan fingerprint density at radius 2 is 2.18 bits per heavy atom. The van der Waals surface area contributed by atoms with Crippen molar-refractivity contribution in [2.75, 3.05) is 20.1 Å². The summed E-state index contributed by atoms with van der Waals surface area (Å²) >= 11 is 1.52. The SMILES string of the molecule is Cc1nc(CCN(C)CC(O)C(F)(F)F)cs1. The zero-order valence-electron chi connectivity index (χ0n) is 9.66. The van der Waals surface area contributed by atoms with Gasteiger partial charge in [-0.2, -0.15) is 13.2 Å². The van der Waals surface area contributed by atoms with Crippen molar-refractivity contribution in [1.29, 1.82) is 0 Å². The molecule has 1 aromatic rings. The molecule has 3 nitrogen and oxygen atoms in total. The standard InChI is InChI=1S/C10H15F3N2OS/c1-7-14-8(6-17-7)3-4-15(2)5-9(16)10(11,12)13/h6,9,16H,3-5H2,1-2H3.